The van der Waals surface area contributed by atoms with Crippen LogP contribution in [0.3, 0.4) is 0 Å². The molecule has 0 spiro atoms. The number of aryl methyl sites for hydroxylation is 1. The first-order valence-corrected chi connectivity index (χ1v) is 7.37. The van der Waals surface area contributed by atoms with Crippen molar-refractivity contribution < 1.29 is 10.0 Å². The van der Waals surface area contributed by atoms with Gasteiger partial charge in [-0.2, -0.15) is 4.68 Å². The van der Waals surface area contributed by atoms with Crippen LogP contribution in [0.25, 0.3) is 10.8 Å². The van der Waals surface area contributed by atoms with E-state index in [0.717, 1.165) is 16.3 Å². The van der Waals surface area contributed by atoms with Gasteiger partial charge in [-0.25, -0.2) is 0 Å². The van der Waals surface area contributed by atoms with Crippen molar-refractivity contribution in [2.75, 3.05) is 0 Å². The van der Waals surface area contributed by atoms with Crippen molar-refractivity contribution in [2.45, 2.75) is 26.0 Å². The lowest BCUT2D eigenvalue weighted by Crippen LogP contribution is -2.19. The number of rotatable bonds is 5. The molecule has 1 aromatic heterocycles. The second-order valence-electron chi connectivity index (χ2n) is 5.65. The Morgan fingerprint density at radius 3 is 2.70 bits per heavy atom. The molecule has 6 heteroatoms. The number of nitro groups is 1. The number of benzene rings is 2. The zero-order chi connectivity index (χ0) is 16.4. The van der Waals surface area contributed by atoms with Gasteiger partial charge in [-0.1, -0.05) is 42.5 Å². The fraction of sp³-hybridized carbons (Fsp3) is 0.235. The van der Waals surface area contributed by atoms with Crippen LogP contribution in [0.4, 0.5) is 5.82 Å². The third-order valence-corrected chi connectivity index (χ3v) is 3.77. The van der Waals surface area contributed by atoms with Crippen LogP contribution < -0.4 is 0 Å². The van der Waals surface area contributed by atoms with Gasteiger partial charge >= 0.3 is 5.82 Å². The van der Waals surface area contributed by atoms with Crippen LogP contribution in [0.15, 0.2) is 48.7 Å². The van der Waals surface area contributed by atoms with Crippen LogP contribution in [0, 0.1) is 17.0 Å². The van der Waals surface area contributed by atoms with E-state index in [4.69, 9.17) is 0 Å². The maximum atomic E-state index is 10.8. The molecule has 1 heterocycles. The summed E-state index contributed by atoms with van der Waals surface area (Å²) in [6, 6.07) is 14.1. The van der Waals surface area contributed by atoms with E-state index in [1.165, 1.54) is 4.68 Å². The third-order valence-electron chi connectivity index (χ3n) is 3.77. The predicted molar refractivity (Wildman–Crippen MR) is 87.3 cm³/mol. The standard InChI is InChI=1S/C17H17N3O3/c1-12-10-19(18-17(12)20(22)23)11-16(21)9-13-6-7-14-4-2-3-5-15(14)8-13/h2-8,10,16,21H,9,11H2,1H3/t16-/m1/s1. The summed E-state index contributed by atoms with van der Waals surface area (Å²) in [6.45, 7) is 1.86. The van der Waals surface area contributed by atoms with E-state index in [0.29, 0.717) is 12.0 Å². The summed E-state index contributed by atoms with van der Waals surface area (Å²) in [6.07, 6.45) is 1.40. The molecule has 0 aliphatic heterocycles. The zero-order valence-corrected chi connectivity index (χ0v) is 12.7. The molecule has 6 nitrogen and oxygen atoms in total. The largest absolute Gasteiger partial charge is 0.392 e. The van der Waals surface area contributed by atoms with Gasteiger partial charge in [-0.15, -0.1) is 0 Å². The summed E-state index contributed by atoms with van der Waals surface area (Å²) < 4.78 is 1.43. The normalized spacial score (nSPS) is 12.4. The average molecular weight is 311 g/mol. The second kappa shape index (κ2) is 6.18. The minimum atomic E-state index is -0.657. The van der Waals surface area contributed by atoms with E-state index < -0.39 is 11.0 Å². The van der Waals surface area contributed by atoms with E-state index in [1.807, 2.05) is 36.4 Å². The van der Waals surface area contributed by atoms with Crippen molar-refractivity contribution in [3.05, 3.63) is 69.9 Å². The number of aliphatic hydroxyl groups is 1. The first kappa shape index (κ1) is 15.2. The molecule has 1 N–H and O–H groups in total. The predicted octanol–water partition coefficient (Wildman–Crippen LogP) is 2.86. The molecule has 0 amide bonds. The summed E-state index contributed by atoms with van der Waals surface area (Å²) in [5.41, 5.74) is 1.52. The molecule has 0 aliphatic rings. The lowest BCUT2D eigenvalue weighted by molar-refractivity contribution is -0.390. The molecule has 0 saturated heterocycles. The molecule has 0 fully saturated rings. The van der Waals surface area contributed by atoms with Crippen molar-refractivity contribution >= 4 is 16.6 Å². The highest BCUT2D eigenvalue weighted by Gasteiger charge is 2.18. The van der Waals surface area contributed by atoms with E-state index in [1.54, 1.807) is 13.1 Å². The maximum absolute atomic E-state index is 10.8. The molecular formula is C17H17N3O3. The van der Waals surface area contributed by atoms with E-state index in [9.17, 15) is 15.2 Å². The second-order valence-corrected chi connectivity index (χ2v) is 5.65. The number of fused-ring (bicyclic) bond motifs is 1. The minimum absolute atomic E-state index is 0.164. The molecule has 0 bridgehead atoms. The van der Waals surface area contributed by atoms with Crippen molar-refractivity contribution in [1.82, 2.24) is 9.78 Å². The van der Waals surface area contributed by atoms with Gasteiger partial charge in [0, 0.05) is 6.42 Å². The lowest BCUT2D eigenvalue weighted by atomic mass is 10.0. The molecular weight excluding hydrogens is 294 g/mol. The van der Waals surface area contributed by atoms with Crippen molar-refractivity contribution in [2.24, 2.45) is 0 Å². The van der Waals surface area contributed by atoms with Crippen LogP contribution in [-0.2, 0) is 13.0 Å². The Hall–Kier alpha value is -2.73. The monoisotopic (exact) mass is 311 g/mol. The van der Waals surface area contributed by atoms with Gasteiger partial charge in [-0.05, 0) is 28.2 Å². The average Bonchev–Trinajstić information content (AvgIpc) is 2.87. The highest BCUT2D eigenvalue weighted by atomic mass is 16.6. The van der Waals surface area contributed by atoms with Crippen LogP contribution in [0.1, 0.15) is 11.1 Å². The highest BCUT2D eigenvalue weighted by Crippen LogP contribution is 2.18. The first-order valence-electron chi connectivity index (χ1n) is 7.37. The molecule has 0 radical (unpaired) electrons. The van der Waals surface area contributed by atoms with Crippen LogP contribution in [-0.4, -0.2) is 25.9 Å². The minimum Gasteiger partial charge on any atom is -0.391 e. The molecule has 0 unspecified atom stereocenters. The molecule has 0 aliphatic carbocycles. The van der Waals surface area contributed by atoms with Gasteiger partial charge in [-0.3, -0.25) is 0 Å². The molecule has 118 valence electrons. The van der Waals surface area contributed by atoms with Crippen molar-refractivity contribution in [3.8, 4) is 0 Å². The topological polar surface area (TPSA) is 81.2 Å². The Balaban J connectivity index is 1.71. The fourth-order valence-corrected chi connectivity index (χ4v) is 2.70. The molecule has 23 heavy (non-hydrogen) atoms. The third kappa shape index (κ3) is 3.37. The summed E-state index contributed by atoms with van der Waals surface area (Å²) in [5, 5.41) is 27.2. The first-order chi connectivity index (χ1) is 11.0. The molecule has 3 aromatic rings. The number of hydrogen-bond acceptors (Lipinski definition) is 4. The van der Waals surface area contributed by atoms with E-state index in [2.05, 4.69) is 11.2 Å². The number of nitrogens with zero attached hydrogens (tertiary/aromatic N) is 3. The fourth-order valence-electron chi connectivity index (χ4n) is 2.70. The van der Waals surface area contributed by atoms with Gasteiger partial charge in [0.15, 0.2) is 0 Å². The number of aliphatic hydroxyl groups excluding tert-OH is 1. The van der Waals surface area contributed by atoms with E-state index in [-0.39, 0.29) is 12.4 Å². The highest BCUT2D eigenvalue weighted by molar-refractivity contribution is 5.82. The van der Waals surface area contributed by atoms with Crippen LogP contribution in [0.5, 0.6) is 0 Å². The summed E-state index contributed by atoms with van der Waals surface area (Å²) in [5.74, 6) is -0.164. The zero-order valence-electron chi connectivity index (χ0n) is 12.7. The van der Waals surface area contributed by atoms with Gasteiger partial charge < -0.3 is 15.2 Å². The Labute approximate surface area is 133 Å². The smallest absolute Gasteiger partial charge is 0.391 e. The SMILES string of the molecule is Cc1cn(C[C@H](O)Cc2ccc3ccccc3c2)nc1[N+](=O)[O-]. The van der Waals surface area contributed by atoms with Crippen molar-refractivity contribution in [3.63, 3.8) is 0 Å². The maximum Gasteiger partial charge on any atom is 0.392 e. The summed E-state index contributed by atoms with van der Waals surface area (Å²) in [4.78, 5) is 10.3. The number of aromatic nitrogens is 2. The Morgan fingerprint density at radius 2 is 2.00 bits per heavy atom. The Kier molecular flexibility index (Phi) is 4.08. The Morgan fingerprint density at radius 1 is 1.26 bits per heavy atom. The molecule has 3 rings (SSSR count). The lowest BCUT2D eigenvalue weighted by Gasteiger charge is -2.10. The van der Waals surface area contributed by atoms with E-state index >= 15 is 0 Å². The van der Waals surface area contributed by atoms with Gasteiger partial charge in [0.25, 0.3) is 0 Å². The number of hydrogen-bond donors (Lipinski definition) is 1. The van der Waals surface area contributed by atoms with Crippen molar-refractivity contribution in [1.29, 1.82) is 0 Å². The van der Waals surface area contributed by atoms with Gasteiger partial charge in [0.2, 0.25) is 0 Å². The van der Waals surface area contributed by atoms with Gasteiger partial charge in [0.05, 0.1) is 29.5 Å². The van der Waals surface area contributed by atoms with Crippen LogP contribution in [0.2, 0.25) is 0 Å². The molecule has 0 saturated carbocycles. The quantitative estimate of drug-likeness (QED) is 0.580. The Bertz CT molecular complexity index is 857. The van der Waals surface area contributed by atoms with Gasteiger partial charge in [0.1, 0.15) is 0 Å². The molecule has 1 atom stereocenters. The van der Waals surface area contributed by atoms with Crippen LogP contribution >= 0.6 is 0 Å². The molecule has 2 aromatic carbocycles. The summed E-state index contributed by atoms with van der Waals surface area (Å²) >= 11 is 0. The summed E-state index contributed by atoms with van der Waals surface area (Å²) in [7, 11) is 0.